The van der Waals surface area contributed by atoms with Crippen LogP contribution in [0.1, 0.15) is 22.9 Å². The summed E-state index contributed by atoms with van der Waals surface area (Å²) in [5, 5.41) is 8.84. The van der Waals surface area contributed by atoms with Crippen molar-refractivity contribution in [2.45, 2.75) is 32.7 Å². The van der Waals surface area contributed by atoms with Gasteiger partial charge in [0.1, 0.15) is 0 Å². The molecule has 6 heteroatoms. The van der Waals surface area contributed by atoms with Crippen LogP contribution in [-0.4, -0.2) is 43.7 Å². The second-order valence-electron chi connectivity index (χ2n) is 6.60. The lowest BCUT2D eigenvalue weighted by molar-refractivity contribution is -0.0212. The fourth-order valence-corrected chi connectivity index (χ4v) is 3.77. The molecule has 1 fully saturated rings. The smallest absolute Gasteiger partial charge is 0.191 e. The first kappa shape index (κ1) is 18.9. The number of guanidine groups is 1. The minimum atomic E-state index is 0.325. The second kappa shape index (κ2) is 9.71. The van der Waals surface area contributed by atoms with E-state index in [1.807, 2.05) is 0 Å². The Bertz CT molecular complexity index is 702. The van der Waals surface area contributed by atoms with Crippen molar-refractivity contribution in [1.29, 1.82) is 0 Å². The third kappa shape index (κ3) is 5.83. The van der Waals surface area contributed by atoms with Gasteiger partial charge in [0.15, 0.2) is 5.96 Å². The molecule has 1 aromatic heterocycles. The molecule has 1 unspecified atom stereocenters. The van der Waals surface area contributed by atoms with Crippen molar-refractivity contribution in [3.05, 3.63) is 57.8 Å². The van der Waals surface area contributed by atoms with Gasteiger partial charge >= 0.3 is 0 Å². The van der Waals surface area contributed by atoms with Crippen LogP contribution in [0.15, 0.2) is 46.8 Å². The molecular formula is C20H28N4OS. The number of hydrogen-bond acceptors (Lipinski definition) is 4. The normalized spacial score (nSPS) is 18.7. The molecule has 1 aromatic carbocycles. The quantitative estimate of drug-likeness (QED) is 0.605. The number of aliphatic imine (C=N–C) groups is 1. The van der Waals surface area contributed by atoms with Gasteiger partial charge < -0.3 is 15.4 Å². The fraction of sp³-hybridized carbons (Fsp3) is 0.450. The maximum Gasteiger partial charge on any atom is 0.191 e. The lowest BCUT2D eigenvalue weighted by atomic mass is 10.1. The summed E-state index contributed by atoms with van der Waals surface area (Å²) in [7, 11) is 1.81. The van der Waals surface area contributed by atoms with Crippen molar-refractivity contribution >= 4 is 17.3 Å². The number of morpholine rings is 1. The van der Waals surface area contributed by atoms with Crippen LogP contribution in [0, 0.1) is 0 Å². The molecule has 1 aliphatic heterocycles. The number of nitrogens with zero attached hydrogens (tertiary/aromatic N) is 2. The van der Waals surface area contributed by atoms with Crippen molar-refractivity contribution in [3.63, 3.8) is 0 Å². The van der Waals surface area contributed by atoms with Crippen molar-refractivity contribution < 1.29 is 4.74 Å². The van der Waals surface area contributed by atoms with E-state index in [-0.39, 0.29) is 0 Å². The molecule has 1 aliphatic rings. The van der Waals surface area contributed by atoms with E-state index in [4.69, 9.17) is 4.74 Å². The summed E-state index contributed by atoms with van der Waals surface area (Å²) in [6.07, 6.45) is 0.325. The van der Waals surface area contributed by atoms with Gasteiger partial charge in [-0.25, -0.2) is 0 Å². The van der Waals surface area contributed by atoms with Gasteiger partial charge in [0.2, 0.25) is 0 Å². The highest BCUT2D eigenvalue weighted by Gasteiger charge is 2.16. The molecule has 0 radical (unpaired) electrons. The summed E-state index contributed by atoms with van der Waals surface area (Å²) in [6, 6.07) is 13.0. The van der Waals surface area contributed by atoms with Crippen LogP contribution in [0.25, 0.3) is 0 Å². The first-order chi connectivity index (χ1) is 12.7. The van der Waals surface area contributed by atoms with E-state index in [0.29, 0.717) is 6.10 Å². The topological polar surface area (TPSA) is 48.9 Å². The van der Waals surface area contributed by atoms with Crippen LogP contribution in [0.4, 0.5) is 0 Å². The van der Waals surface area contributed by atoms with Crippen LogP contribution < -0.4 is 10.6 Å². The standard InChI is InChI=1S/C20H28N4OS/c1-16-14-24(8-9-25-16)15-18-6-3-5-17(11-18)12-22-20(21-2)23-13-19-7-4-10-26-19/h3-7,10-11,16H,8-9,12-15H2,1-2H3,(H2,21,22,23). The number of rotatable bonds is 6. The van der Waals surface area contributed by atoms with E-state index in [1.165, 1.54) is 16.0 Å². The van der Waals surface area contributed by atoms with E-state index in [0.717, 1.165) is 45.3 Å². The van der Waals surface area contributed by atoms with Crippen LogP contribution in [0.3, 0.4) is 0 Å². The highest BCUT2D eigenvalue weighted by Crippen LogP contribution is 2.12. The Morgan fingerprint density at radius 2 is 2.08 bits per heavy atom. The number of ether oxygens (including phenoxy) is 1. The molecule has 2 N–H and O–H groups in total. The zero-order chi connectivity index (χ0) is 18.2. The third-order valence-corrected chi connectivity index (χ3v) is 5.29. The van der Waals surface area contributed by atoms with Crippen molar-refractivity contribution in [1.82, 2.24) is 15.5 Å². The van der Waals surface area contributed by atoms with E-state index in [9.17, 15) is 0 Å². The molecule has 1 saturated heterocycles. The van der Waals surface area contributed by atoms with Crippen molar-refractivity contribution in [2.24, 2.45) is 4.99 Å². The Morgan fingerprint density at radius 3 is 2.85 bits per heavy atom. The van der Waals surface area contributed by atoms with Gasteiger partial charge in [-0.3, -0.25) is 9.89 Å². The molecule has 3 rings (SSSR count). The van der Waals surface area contributed by atoms with Gasteiger partial charge in [0, 0.05) is 38.1 Å². The summed E-state index contributed by atoms with van der Waals surface area (Å²) in [6.45, 7) is 7.51. The van der Waals surface area contributed by atoms with Gasteiger partial charge in [-0.1, -0.05) is 30.3 Å². The van der Waals surface area contributed by atoms with Gasteiger partial charge in [0.05, 0.1) is 19.3 Å². The molecule has 26 heavy (non-hydrogen) atoms. The van der Waals surface area contributed by atoms with Crippen LogP contribution >= 0.6 is 11.3 Å². The maximum absolute atomic E-state index is 5.63. The van der Waals surface area contributed by atoms with E-state index in [2.05, 4.69) is 69.2 Å². The molecule has 0 bridgehead atoms. The monoisotopic (exact) mass is 372 g/mol. The summed E-state index contributed by atoms with van der Waals surface area (Å²) in [4.78, 5) is 8.07. The Balaban J connectivity index is 1.49. The lowest BCUT2D eigenvalue weighted by Crippen LogP contribution is -2.40. The largest absolute Gasteiger partial charge is 0.376 e. The van der Waals surface area contributed by atoms with Gasteiger partial charge in [-0.2, -0.15) is 0 Å². The van der Waals surface area contributed by atoms with Crippen LogP contribution in [-0.2, 0) is 24.4 Å². The Labute approximate surface area is 160 Å². The highest BCUT2D eigenvalue weighted by atomic mass is 32.1. The molecule has 5 nitrogen and oxygen atoms in total. The van der Waals surface area contributed by atoms with E-state index in [1.54, 1.807) is 18.4 Å². The molecule has 0 saturated carbocycles. The zero-order valence-electron chi connectivity index (χ0n) is 15.6. The Hall–Kier alpha value is -1.89. The molecular weight excluding hydrogens is 344 g/mol. The SMILES string of the molecule is CN=C(NCc1cccc(CN2CCOC(C)C2)c1)NCc1cccs1. The van der Waals surface area contributed by atoms with E-state index >= 15 is 0 Å². The highest BCUT2D eigenvalue weighted by molar-refractivity contribution is 7.09. The number of nitrogens with one attached hydrogen (secondary N) is 2. The van der Waals surface area contributed by atoms with Gasteiger partial charge in [-0.15, -0.1) is 11.3 Å². The summed E-state index contributed by atoms with van der Waals surface area (Å²) in [5.74, 6) is 0.825. The summed E-state index contributed by atoms with van der Waals surface area (Å²) < 4.78 is 5.63. The molecule has 1 atom stereocenters. The lowest BCUT2D eigenvalue weighted by Gasteiger charge is -2.31. The Morgan fingerprint density at radius 1 is 1.23 bits per heavy atom. The maximum atomic E-state index is 5.63. The summed E-state index contributed by atoms with van der Waals surface area (Å²) in [5.41, 5.74) is 2.61. The van der Waals surface area contributed by atoms with Gasteiger partial charge in [-0.05, 0) is 29.5 Å². The predicted molar refractivity (Wildman–Crippen MR) is 108 cm³/mol. The first-order valence-corrected chi connectivity index (χ1v) is 9.99. The van der Waals surface area contributed by atoms with Gasteiger partial charge in [0.25, 0.3) is 0 Å². The molecule has 2 heterocycles. The molecule has 0 spiro atoms. The minimum absolute atomic E-state index is 0.325. The number of benzene rings is 1. The average molecular weight is 373 g/mol. The molecule has 140 valence electrons. The van der Waals surface area contributed by atoms with Crippen molar-refractivity contribution in [2.75, 3.05) is 26.7 Å². The van der Waals surface area contributed by atoms with Crippen molar-refractivity contribution in [3.8, 4) is 0 Å². The number of hydrogen-bond donors (Lipinski definition) is 2. The Kier molecular flexibility index (Phi) is 7.05. The van der Waals surface area contributed by atoms with E-state index < -0.39 is 0 Å². The average Bonchev–Trinajstić information content (AvgIpc) is 3.16. The van der Waals surface area contributed by atoms with Crippen LogP contribution in [0.5, 0.6) is 0 Å². The predicted octanol–water partition coefficient (Wildman–Crippen LogP) is 2.83. The second-order valence-corrected chi connectivity index (χ2v) is 7.63. The number of thiophene rings is 1. The zero-order valence-corrected chi connectivity index (χ0v) is 16.4. The first-order valence-electron chi connectivity index (χ1n) is 9.11. The third-order valence-electron chi connectivity index (χ3n) is 4.42. The summed E-state index contributed by atoms with van der Waals surface area (Å²) >= 11 is 1.75. The molecule has 0 amide bonds. The minimum Gasteiger partial charge on any atom is -0.376 e. The van der Waals surface area contributed by atoms with Crippen LogP contribution in [0.2, 0.25) is 0 Å². The molecule has 0 aliphatic carbocycles. The fourth-order valence-electron chi connectivity index (χ4n) is 3.12. The molecule has 2 aromatic rings.